The van der Waals surface area contributed by atoms with Crippen molar-refractivity contribution in [1.82, 2.24) is 5.01 Å². The Bertz CT molecular complexity index is 1150. The number of halogens is 1. The average molecular weight is 467 g/mol. The Morgan fingerprint density at radius 2 is 1.91 bits per heavy atom. The Kier molecular flexibility index (Phi) is 5.97. The Balaban J connectivity index is 1.47. The highest BCUT2D eigenvalue weighted by molar-refractivity contribution is 6.02. The van der Waals surface area contributed by atoms with Gasteiger partial charge in [0.1, 0.15) is 12.4 Å². The molecule has 2 aromatic carbocycles. The quantitative estimate of drug-likeness (QED) is 0.499. The van der Waals surface area contributed by atoms with Crippen LogP contribution in [0.25, 0.3) is 6.08 Å². The van der Waals surface area contributed by atoms with Crippen molar-refractivity contribution >= 4 is 29.0 Å². The topological polar surface area (TPSA) is 99.6 Å². The van der Waals surface area contributed by atoms with Crippen molar-refractivity contribution in [2.45, 2.75) is 6.92 Å². The third-order valence-corrected chi connectivity index (χ3v) is 5.82. The molecule has 10 heteroatoms. The van der Waals surface area contributed by atoms with Crippen LogP contribution in [0.5, 0.6) is 11.5 Å². The van der Waals surface area contributed by atoms with E-state index in [1.165, 1.54) is 12.1 Å². The molecule has 2 aromatic rings. The van der Waals surface area contributed by atoms with Gasteiger partial charge < -0.3 is 30.3 Å². The maximum Gasteiger partial charge on any atom is 0.231 e. The van der Waals surface area contributed by atoms with Gasteiger partial charge in [-0.15, -0.1) is 0 Å². The van der Waals surface area contributed by atoms with Crippen LogP contribution in [0.15, 0.2) is 47.1 Å². The highest BCUT2D eigenvalue weighted by Crippen LogP contribution is 2.44. The van der Waals surface area contributed by atoms with Crippen LogP contribution in [-0.2, 0) is 4.74 Å². The van der Waals surface area contributed by atoms with Gasteiger partial charge in [0, 0.05) is 11.3 Å². The summed E-state index contributed by atoms with van der Waals surface area (Å²) in [5.74, 6) is 2.31. The molecule has 1 saturated heterocycles. The van der Waals surface area contributed by atoms with Crippen molar-refractivity contribution in [2.24, 2.45) is 10.7 Å². The minimum absolute atomic E-state index is 0.108. The van der Waals surface area contributed by atoms with Crippen LogP contribution in [0.3, 0.4) is 0 Å². The molecule has 3 aliphatic rings. The summed E-state index contributed by atoms with van der Waals surface area (Å²) in [6, 6.07) is 10.3. The number of amidine groups is 1. The molecule has 1 fully saturated rings. The number of nitrogens with zero attached hydrogens (tertiary/aromatic N) is 4. The van der Waals surface area contributed by atoms with E-state index in [2.05, 4.69) is 10.0 Å². The van der Waals surface area contributed by atoms with Gasteiger partial charge in [-0.1, -0.05) is 0 Å². The largest absolute Gasteiger partial charge is 0.488 e. The number of morpholine rings is 1. The number of anilines is 2. The smallest absolute Gasteiger partial charge is 0.231 e. The summed E-state index contributed by atoms with van der Waals surface area (Å²) in [5, 5.41) is 12.0. The highest BCUT2D eigenvalue weighted by Gasteiger charge is 2.32. The summed E-state index contributed by atoms with van der Waals surface area (Å²) < 4.78 is 31.0. The van der Waals surface area contributed by atoms with Gasteiger partial charge in [-0.25, -0.2) is 4.39 Å². The normalized spacial score (nSPS) is 17.9. The molecule has 5 rings (SSSR count). The van der Waals surface area contributed by atoms with Crippen molar-refractivity contribution in [3.63, 3.8) is 0 Å². The summed E-state index contributed by atoms with van der Waals surface area (Å²) in [5.41, 5.74) is 8.92. The van der Waals surface area contributed by atoms with Gasteiger partial charge in [0.2, 0.25) is 6.79 Å². The molecule has 3 aliphatic heterocycles. The molecular weight excluding hydrogens is 439 g/mol. The lowest BCUT2D eigenvalue weighted by Crippen LogP contribution is -2.55. The molecule has 34 heavy (non-hydrogen) atoms. The van der Waals surface area contributed by atoms with Crippen LogP contribution < -0.4 is 25.1 Å². The van der Waals surface area contributed by atoms with Crippen molar-refractivity contribution in [3.05, 3.63) is 53.5 Å². The van der Waals surface area contributed by atoms with E-state index in [0.29, 0.717) is 55.8 Å². The monoisotopic (exact) mass is 466 g/mol. The Hall–Kier alpha value is -3.79. The van der Waals surface area contributed by atoms with E-state index in [1.54, 1.807) is 19.1 Å². The Labute approximate surface area is 197 Å². The summed E-state index contributed by atoms with van der Waals surface area (Å²) in [4.78, 5) is 6.59. The molecule has 0 atom stereocenters. The predicted molar refractivity (Wildman–Crippen MR) is 129 cm³/mol. The zero-order valence-corrected chi connectivity index (χ0v) is 19.0. The highest BCUT2D eigenvalue weighted by atomic mass is 19.1. The molecule has 178 valence electrons. The third-order valence-electron chi connectivity index (χ3n) is 5.82. The van der Waals surface area contributed by atoms with Gasteiger partial charge in [0.15, 0.2) is 23.1 Å². The lowest BCUT2D eigenvalue weighted by Gasteiger charge is -2.43. The van der Waals surface area contributed by atoms with E-state index in [0.717, 1.165) is 22.8 Å². The maximum absolute atomic E-state index is 13.4. The molecule has 0 aromatic heterocycles. The van der Waals surface area contributed by atoms with E-state index < -0.39 is 0 Å². The summed E-state index contributed by atoms with van der Waals surface area (Å²) in [6.07, 6.45) is 1.91. The summed E-state index contributed by atoms with van der Waals surface area (Å²) in [6.45, 7) is 4.92. The lowest BCUT2D eigenvalue weighted by molar-refractivity contribution is 0.160. The van der Waals surface area contributed by atoms with Crippen molar-refractivity contribution in [1.29, 1.82) is 5.41 Å². The number of aliphatic imine (C=N–C) groups is 1. The lowest BCUT2D eigenvalue weighted by atomic mass is 10.1. The molecule has 3 heterocycles. The van der Waals surface area contributed by atoms with Crippen LogP contribution in [0.4, 0.5) is 15.8 Å². The number of rotatable bonds is 6. The zero-order chi connectivity index (χ0) is 23.7. The molecule has 0 amide bonds. The van der Waals surface area contributed by atoms with Crippen molar-refractivity contribution in [2.75, 3.05) is 56.2 Å². The van der Waals surface area contributed by atoms with Gasteiger partial charge in [0.25, 0.3) is 0 Å². The Morgan fingerprint density at radius 1 is 1.12 bits per heavy atom. The van der Waals surface area contributed by atoms with E-state index in [9.17, 15) is 4.39 Å². The number of hydrogen-bond donors (Lipinski definition) is 2. The molecule has 0 bridgehead atoms. The standard InChI is InChI=1S/C24H27FN6O3/c1-16(27)13-29(14-26)20-7-2-17(22-23(20)34-15-33-22)12-21-24-28-8-9-30(31(24)10-11-32-21)19-5-3-18(25)4-6-19/h2-7,12,27H,8-11,13-15,26H2,1H3. The number of benzene rings is 2. The van der Waals surface area contributed by atoms with E-state index in [-0.39, 0.29) is 19.3 Å². The number of fused-ring (bicyclic) bond motifs is 2. The molecule has 0 aliphatic carbocycles. The molecular formula is C24H27FN6O3. The molecule has 3 N–H and O–H groups in total. The number of ether oxygens (including phenoxy) is 3. The van der Waals surface area contributed by atoms with Gasteiger partial charge in [-0.2, -0.15) is 0 Å². The second-order valence-corrected chi connectivity index (χ2v) is 8.18. The van der Waals surface area contributed by atoms with E-state index >= 15 is 0 Å². The van der Waals surface area contributed by atoms with Crippen LogP contribution >= 0.6 is 0 Å². The van der Waals surface area contributed by atoms with Gasteiger partial charge in [-0.05, 0) is 49.4 Å². The van der Waals surface area contributed by atoms with Crippen LogP contribution in [0.2, 0.25) is 0 Å². The molecule has 0 radical (unpaired) electrons. The van der Waals surface area contributed by atoms with Crippen LogP contribution in [-0.4, -0.2) is 62.8 Å². The first-order valence-electron chi connectivity index (χ1n) is 11.2. The van der Waals surface area contributed by atoms with Gasteiger partial charge >= 0.3 is 0 Å². The van der Waals surface area contributed by atoms with Crippen molar-refractivity contribution in [3.8, 4) is 11.5 Å². The fraction of sp³-hybridized carbons (Fsp3) is 0.333. The van der Waals surface area contributed by atoms with Gasteiger partial charge in [0.05, 0.1) is 44.2 Å². The minimum atomic E-state index is -0.263. The maximum atomic E-state index is 13.4. The first kappa shape index (κ1) is 22.0. The zero-order valence-electron chi connectivity index (χ0n) is 19.0. The van der Waals surface area contributed by atoms with Gasteiger partial charge in [-0.3, -0.25) is 15.0 Å². The number of nitrogens with one attached hydrogen (secondary N) is 1. The second-order valence-electron chi connectivity index (χ2n) is 8.18. The molecule has 0 saturated carbocycles. The first-order valence-corrected chi connectivity index (χ1v) is 11.2. The fourth-order valence-electron chi connectivity index (χ4n) is 4.33. The SMILES string of the molecule is CC(=N)CN(CN)c1ccc(C=C2OCCN3C2=NCCN3c2ccc(F)cc2)c2c1OCO2. The van der Waals surface area contributed by atoms with E-state index in [1.807, 2.05) is 23.1 Å². The number of hydrazine groups is 1. The fourth-order valence-corrected chi connectivity index (χ4v) is 4.33. The number of hydrogen-bond acceptors (Lipinski definition) is 9. The van der Waals surface area contributed by atoms with E-state index in [4.69, 9.17) is 30.3 Å². The summed E-state index contributed by atoms with van der Waals surface area (Å²) in [7, 11) is 0. The third kappa shape index (κ3) is 4.12. The predicted octanol–water partition coefficient (Wildman–Crippen LogP) is 2.82. The van der Waals surface area contributed by atoms with Crippen LogP contribution in [0, 0.1) is 11.2 Å². The Morgan fingerprint density at radius 3 is 2.68 bits per heavy atom. The molecule has 0 spiro atoms. The second kappa shape index (κ2) is 9.22. The molecule has 0 unspecified atom stereocenters. The van der Waals surface area contributed by atoms with Crippen molar-refractivity contribution < 1.29 is 18.6 Å². The molecule has 9 nitrogen and oxygen atoms in total. The van der Waals surface area contributed by atoms with Crippen LogP contribution in [0.1, 0.15) is 12.5 Å². The minimum Gasteiger partial charge on any atom is -0.488 e. The number of nitrogens with two attached hydrogens (primary N) is 1. The summed E-state index contributed by atoms with van der Waals surface area (Å²) >= 11 is 0. The average Bonchev–Trinajstić information content (AvgIpc) is 3.34. The first-order chi connectivity index (χ1) is 16.5.